The predicted octanol–water partition coefficient (Wildman–Crippen LogP) is 4.00. The van der Waals surface area contributed by atoms with E-state index in [0.29, 0.717) is 25.7 Å². The SMILES string of the molecule is CCC(CC)C(C)(N=NC(C)(C(=O)O)C(CC)CC)C(=O)O. The Bertz CT molecular complexity index is 378. The molecule has 2 unspecified atom stereocenters. The van der Waals surface area contributed by atoms with Gasteiger partial charge in [-0.3, -0.25) is 0 Å². The van der Waals surface area contributed by atoms with Crippen LogP contribution in [0.25, 0.3) is 0 Å². The van der Waals surface area contributed by atoms with Crippen LogP contribution in [0.4, 0.5) is 0 Å². The lowest BCUT2D eigenvalue weighted by Crippen LogP contribution is -2.44. The van der Waals surface area contributed by atoms with Crippen molar-refractivity contribution in [2.24, 2.45) is 22.1 Å². The van der Waals surface area contributed by atoms with E-state index in [1.54, 1.807) is 0 Å². The van der Waals surface area contributed by atoms with Crippen LogP contribution in [0.3, 0.4) is 0 Å². The van der Waals surface area contributed by atoms with Crippen LogP contribution in [-0.2, 0) is 9.59 Å². The Morgan fingerprint density at radius 2 is 1.00 bits per heavy atom. The summed E-state index contributed by atoms with van der Waals surface area (Å²) in [5, 5.41) is 27.2. The topological polar surface area (TPSA) is 99.3 Å². The Morgan fingerprint density at radius 1 is 0.773 bits per heavy atom. The zero-order valence-corrected chi connectivity index (χ0v) is 14.6. The van der Waals surface area contributed by atoms with Crippen LogP contribution in [0, 0.1) is 11.8 Å². The molecule has 22 heavy (non-hydrogen) atoms. The first-order valence-electron chi connectivity index (χ1n) is 8.04. The summed E-state index contributed by atoms with van der Waals surface area (Å²) in [7, 11) is 0. The minimum absolute atomic E-state index is 0.187. The van der Waals surface area contributed by atoms with Gasteiger partial charge in [-0.1, -0.05) is 53.4 Å². The standard InChI is InChI=1S/C16H30N2O4/c1-7-11(8-2)15(5,13(19)20)17-18-16(6,14(21)22)12(9-3)10-4/h11-12H,7-10H2,1-6H3,(H,19,20)(H,21,22). The molecule has 0 saturated carbocycles. The third kappa shape index (κ3) is 4.05. The molecule has 128 valence electrons. The van der Waals surface area contributed by atoms with Crippen molar-refractivity contribution >= 4 is 11.9 Å². The zero-order valence-electron chi connectivity index (χ0n) is 14.6. The molecule has 0 aliphatic carbocycles. The second kappa shape index (κ2) is 8.25. The second-order valence-corrected chi connectivity index (χ2v) is 6.13. The van der Waals surface area contributed by atoms with Gasteiger partial charge in [0.05, 0.1) is 0 Å². The first-order chi connectivity index (χ1) is 10.1. The molecule has 0 bridgehead atoms. The summed E-state index contributed by atoms with van der Waals surface area (Å²) >= 11 is 0. The summed E-state index contributed by atoms with van der Waals surface area (Å²) in [5.41, 5.74) is -2.79. The number of carboxylic acid groups (broad SMARTS) is 2. The molecule has 0 aliphatic heterocycles. The molecule has 0 radical (unpaired) electrons. The lowest BCUT2D eigenvalue weighted by atomic mass is 9.81. The number of rotatable bonds is 10. The van der Waals surface area contributed by atoms with Gasteiger partial charge in [0.25, 0.3) is 0 Å². The fourth-order valence-corrected chi connectivity index (χ4v) is 2.97. The molecule has 0 saturated heterocycles. The highest BCUT2D eigenvalue weighted by Crippen LogP contribution is 2.33. The van der Waals surface area contributed by atoms with Crippen LogP contribution in [-0.4, -0.2) is 33.2 Å². The fourth-order valence-electron chi connectivity index (χ4n) is 2.97. The van der Waals surface area contributed by atoms with Gasteiger partial charge in [0, 0.05) is 0 Å². The van der Waals surface area contributed by atoms with Gasteiger partial charge in [-0.2, -0.15) is 10.2 Å². The van der Waals surface area contributed by atoms with Gasteiger partial charge < -0.3 is 10.2 Å². The molecule has 0 spiro atoms. The highest BCUT2D eigenvalue weighted by molar-refractivity contribution is 5.80. The van der Waals surface area contributed by atoms with Crippen molar-refractivity contribution in [1.29, 1.82) is 0 Å². The van der Waals surface area contributed by atoms with Crippen LogP contribution >= 0.6 is 0 Å². The summed E-state index contributed by atoms with van der Waals surface area (Å²) in [4.78, 5) is 23.3. The molecule has 0 aromatic carbocycles. The second-order valence-electron chi connectivity index (χ2n) is 6.13. The lowest BCUT2D eigenvalue weighted by molar-refractivity contribution is -0.148. The summed E-state index contributed by atoms with van der Waals surface area (Å²) in [6.07, 6.45) is 2.58. The molecule has 0 amide bonds. The first-order valence-corrected chi connectivity index (χ1v) is 8.04. The van der Waals surface area contributed by atoms with Crippen molar-refractivity contribution in [2.45, 2.75) is 78.3 Å². The number of nitrogens with zero attached hydrogens (tertiary/aromatic N) is 2. The summed E-state index contributed by atoms with van der Waals surface area (Å²) < 4.78 is 0. The maximum absolute atomic E-state index is 11.7. The molecular weight excluding hydrogens is 284 g/mol. The van der Waals surface area contributed by atoms with E-state index in [4.69, 9.17) is 0 Å². The van der Waals surface area contributed by atoms with Gasteiger partial charge in [-0.15, -0.1) is 0 Å². The van der Waals surface area contributed by atoms with Gasteiger partial charge in [0.1, 0.15) is 0 Å². The smallest absolute Gasteiger partial charge is 0.333 e. The molecule has 2 N–H and O–H groups in total. The number of aliphatic carboxylic acids is 2. The van der Waals surface area contributed by atoms with Crippen LogP contribution in [0.15, 0.2) is 10.2 Å². The molecule has 6 heteroatoms. The molecule has 2 atom stereocenters. The van der Waals surface area contributed by atoms with Crippen molar-refractivity contribution in [3.8, 4) is 0 Å². The summed E-state index contributed by atoms with van der Waals surface area (Å²) in [5.74, 6) is -2.51. The number of hydrogen-bond donors (Lipinski definition) is 2. The van der Waals surface area contributed by atoms with Crippen molar-refractivity contribution in [3.05, 3.63) is 0 Å². The van der Waals surface area contributed by atoms with Gasteiger partial charge in [-0.25, -0.2) is 9.59 Å². The zero-order chi connectivity index (χ0) is 17.6. The minimum Gasteiger partial charge on any atom is -0.479 e. The molecular formula is C16H30N2O4. The molecule has 0 aliphatic rings. The van der Waals surface area contributed by atoms with Crippen molar-refractivity contribution in [1.82, 2.24) is 0 Å². The van der Waals surface area contributed by atoms with E-state index in [9.17, 15) is 19.8 Å². The molecule has 0 rings (SSSR count). The molecule has 0 aromatic rings. The van der Waals surface area contributed by atoms with Crippen LogP contribution in [0.2, 0.25) is 0 Å². The molecule has 0 aromatic heterocycles. The fraction of sp³-hybridized carbons (Fsp3) is 0.875. The van der Waals surface area contributed by atoms with Gasteiger partial charge in [0.15, 0.2) is 11.1 Å². The van der Waals surface area contributed by atoms with E-state index in [1.807, 2.05) is 27.7 Å². The van der Waals surface area contributed by atoms with E-state index >= 15 is 0 Å². The normalized spacial score (nSPS) is 17.6. The average Bonchev–Trinajstić information content (AvgIpc) is 2.47. The summed E-state index contributed by atoms with van der Waals surface area (Å²) in [6, 6.07) is 0. The van der Waals surface area contributed by atoms with Gasteiger partial charge in [0.2, 0.25) is 0 Å². The van der Waals surface area contributed by atoms with Gasteiger partial charge in [-0.05, 0) is 25.7 Å². The Hall–Kier alpha value is -1.46. The Balaban J connectivity index is 5.80. The van der Waals surface area contributed by atoms with Gasteiger partial charge >= 0.3 is 11.9 Å². The first kappa shape index (κ1) is 20.5. The molecule has 0 heterocycles. The Kier molecular flexibility index (Phi) is 7.70. The van der Waals surface area contributed by atoms with E-state index in [-0.39, 0.29) is 11.8 Å². The van der Waals surface area contributed by atoms with Crippen molar-refractivity contribution in [3.63, 3.8) is 0 Å². The maximum atomic E-state index is 11.7. The van der Waals surface area contributed by atoms with E-state index in [2.05, 4.69) is 10.2 Å². The molecule has 0 fully saturated rings. The lowest BCUT2D eigenvalue weighted by Gasteiger charge is -2.31. The molecule has 6 nitrogen and oxygen atoms in total. The van der Waals surface area contributed by atoms with Crippen LogP contribution in [0.1, 0.15) is 67.2 Å². The summed E-state index contributed by atoms with van der Waals surface area (Å²) in [6.45, 7) is 10.7. The number of carboxylic acids is 2. The van der Waals surface area contributed by atoms with Crippen molar-refractivity contribution < 1.29 is 19.8 Å². The van der Waals surface area contributed by atoms with E-state index < -0.39 is 23.0 Å². The highest BCUT2D eigenvalue weighted by Gasteiger charge is 2.44. The van der Waals surface area contributed by atoms with E-state index in [1.165, 1.54) is 13.8 Å². The Labute approximate surface area is 133 Å². The average molecular weight is 314 g/mol. The highest BCUT2D eigenvalue weighted by atomic mass is 16.4. The monoisotopic (exact) mass is 314 g/mol. The third-order valence-corrected chi connectivity index (χ3v) is 4.89. The van der Waals surface area contributed by atoms with Crippen LogP contribution in [0.5, 0.6) is 0 Å². The quantitative estimate of drug-likeness (QED) is 0.595. The van der Waals surface area contributed by atoms with Crippen LogP contribution < -0.4 is 0 Å². The van der Waals surface area contributed by atoms with Crippen molar-refractivity contribution in [2.75, 3.05) is 0 Å². The minimum atomic E-state index is -1.40. The van der Waals surface area contributed by atoms with E-state index in [0.717, 1.165) is 0 Å². The predicted molar refractivity (Wildman–Crippen MR) is 85.1 cm³/mol. The number of hydrogen-bond acceptors (Lipinski definition) is 4. The number of carbonyl (C=O) groups is 2. The number of azo groups is 1. The maximum Gasteiger partial charge on any atom is 0.333 e. The largest absolute Gasteiger partial charge is 0.479 e. The third-order valence-electron chi connectivity index (χ3n) is 4.89. The Morgan fingerprint density at radius 3 is 1.14 bits per heavy atom.